The molecule has 0 bridgehead atoms. The first-order valence-electron chi connectivity index (χ1n) is 13.6. The molecule has 0 aliphatic rings. The van der Waals surface area contributed by atoms with Gasteiger partial charge in [-0.25, -0.2) is 4.79 Å². The number of hydrogen-bond acceptors (Lipinski definition) is 8. The van der Waals surface area contributed by atoms with Crippen LogP contribution in [0.5, 0.6) is 0 Å². The van der Waals surface area contributed by atoms with E-state index in [1.165, 1.54) is 0 Å². The molecule has 0 aromatic heterocycles. The lowest BCUT2D eigenvalue weighted by molar-refractivity contribution is -0.142. The van der Waals surface area contributed by atoms with Crippen LogP contribution in [-0.2, 0) is 30.4 Å². The van der Waals surface area contributed by atoms with Crippen LogP contribution in [-0.4, -0.2) is 83.9 Å². The summed E-state index contributed by atoms with van der Waals surface area (Å²) in [5, 5.41) is 17.2. The fourth-order valence-electron chi connectivity index (χ4n) is 3.84. The molecule has 0 aliphatic heterocycles. The van der Waals surface area contributed by atoms with E-state index in [4.69, 9.17) is 34.4 Å². The second kappa shape index (κ2) is 19.2. The molecule has 17 nitrogen and oxygen atoms in total. The SMILES string of the molecule is NC(=O)CCC(N)C(=O)NC(Cc1ccccc1)C(=O)NC(CCCN=C(N)N)C(=O)NC(CCCN=C(N)N)C(=O)O. The maximum Gasteiger partial charge on any atom is 0.326 e. The zero-order chi connectivity index (χ0) is 32.4. The monoisotopic (exact) mass is 605 g/mol. The lowest BCUT2D eigenvalue weighted by Crippen LogP contribution is -2.57. The van der Waals surface area contributed by atoms with Crippen molar-refractivity contribution in [3.05, 3.63) is 35.9 Å². The number of benzene rings is 1. The van der Waals surface area contributed by atoms with Crippen molar-refractivity contribution in [3.8, 4) is 0 Å². The maximum atomic E-state index is 13.5. The van der Waals surface area contributed by atoms with E-state index in [9.17, 15) is 29.1 Å². The minimum absolute atomic E-state index is 0.0163. The van der Waals surface area contributed by atoms with Gasteiger partial charge in [0.2, 0.25) is 23.6 Å². The number of aliphatic carboxylic acids is 1. The van der Waals surface area contributed by atoms with E-state index < -0.39 is 53.8 Å². The fraction of sp³-hybridized carbons (Fsp3) is 0.500. The van der Waals surface area contributed by atoms with E-state index in [0.717, 1.165) is 0 Å². The molecular formula is C26H43N11O6. The third-order valence-electron chi connectivity index (χ3n) is 6.09. The van der Waals surface area contributed by atoms with Gasteiger partial charge in [0.25, 0.3) is 0 Å². The number of aliphatic imine (C=N–C) groups is 2. The van der Waals surface area contributed by atoms with Gasteiger partial charge in [0.1, 0.15) is 18.1 Å². The Morgan fingerprint density at radius 3 is 1.70 bits per heavy atom. The van der Waals surface area contributed by atoms with E-state index in [1.807, 2.05) is 0 Å². The number of carbonyl (C=O) groups excluding carboxylic acids is 4. The molecule has 0 radical (unpaired) electrons. The van der Waals surface area contributed by atoms with Crippen LogP contribution in [0.1, 0.15) is 44.1 Å². The first kappa shape index (κ1) is 36.1. The Kier molecular flexibility index (Phi) is 16.1. The standard InChI is InChI=1S/C26H43N11O6/c27-16(10-11-20(28)38)21(39)37-19(14-15-6-2-1-3-7-15)23(41)35-17(8-4-12-33-25(29)30)22(40)36-18(24(42)43)9-5-13-34-26(31)32/h1-3,6-7,16-19H,4-5,8-14,27H2,(H2,28,38)(H,35,41)(H,36,40)(H,37,39)(H,42,43)(H4,29,30,33)(H4,31,32,34). The minimum atomic E-state index is -1.29. The number of hydrogen-bond donors (Lipinski definition) is 10. The molecule has 1 aromatic carbocycles. The van der Waals surface area contributed by atoms with Gasteiger partial charge in [-0.15, -0.1) is 0 Å². The van der Waals surface area contributed by atoms with Crippen molar-refractivity contribution < 1.29 is 29.1 Å². The van der Waals surface area contributed by atoms with Gasteiger partial charge in [-0.3, -0.25) is 29.2 Å². The third-order valence-corrected chi connectivity index (χ3v) is 6.09. The molecule has 17 heteroatoms. The maximum absolute atomic E-state index is 13.5. The largest absolute Gasteiger partial charge is 0.480 e. The Morgan fingerprint density at radius 1 is 0.698 bits per heavy atom. The van der Waals surface area contributed by atoms with Gasteiger partial charge in [0.15, 0.2) is 11.9 Å². The summed E-state index contributed by atoms with van der Waals surface area (Å²) in [5.41, 5.74) is 33.0. The summed E-state index contributed by atoms with van der Waals surface area (Å²) in [4.78, 5) is 70.1. The van der Waals surface area contributed by atoms with E-state index >= 15 is 0 Å². The molecule has 0 spiro atoms. The highest BCUT2D eigenvalue weighted by Crippen LogP contribution is 2.08. The fourth-order valence-corrected chi connectivity index (χ4v) is 3.84. The van der Waals surface area contributed by atoms with Gasteiger partial charge in [-0.2, -0.15) is 0 Å². The molecule has 4 amide bonds. The molecular weight excluding hydrogens is 562 g/mol. The quantitative estimate of drug-likeness (QED) is 0.0394. The Bertz CT molecular complexity index is 1140. The van der Waals surface area contributed by atoms with E-state index in [-0.39, 0.29) is 70.0 Å². The van der Waals surface area contributed by atoms with Crippen LogP contribution in [0.25, 0.3) is 0 Å². The van der Waals surface area contributed by atoms with Crippen LogP contribution >= 0.6 is 0 Å². The highest BCUT2D eigenvalue weighted by Gasteiger charge is 2.30. The number of carbonyl (C=O) groups is 5. The van der Waals surface area contributed by atoms with Crippen LogP contribution < -0.4 is 50.4 Å². The van der Waals surface area contributed by atoms with E-state index in [2.05, 4.69) is 25.9 Å². The summed E-state index contributed by atoms with van der Waals surface area (Å²) in [6, 6.07) is 4.00. The summed E-state index contributed by atoms with van der Waals surface area (Å²) >= 11 is 0. The first-order valence-corrected chi connectivity index (χ1v) is 13.6. The van der Waals surface area contributed by atoms with Gasteiger partial charge >= 0.3 is 5.97 Å². The van der Waals surface area contributed by atoms with Crippen LogP contribution in [0, 0.1) is 0 Å². The summed E-state index contributed by atoms with van der Waals surface area (Å²) in [5.74, 6) is -4.41. The topological polar surface area (TPSA) is 323 Å². The zero-order valence-electron chi connectivity index (χ0n) is 23.9. The summed E-state index contributed by atoms with van der Waals surface area (Å²) in [7, 11) is 0. The molecule has 0 saturated carbocycles. The average Bonchev–Trinajstić information content (AvgIpc) is 2.94. The predicted octanol–water partition coefficient (Wildman–Crippen LogP) is -3.53. The van der Waals surface area contributed by atoms with E-state index in [1.54, 1.807) is 30.3 Å². The van der Waals surface area contributed by atoms with Crippen molar-refractivity contribution >= 4 is 41.5 Å². The van der Waals surface area contributed by atoms with Gasteiger partial charge < -0.3 is 55.5 Å². The van der Waals surface area contributed by atoms with Crippen LogP contribution in [0.15, 0.2) is 40.3 Å². The van der Waals surface area contributed by atoms with Crippen LogP contribution in [0.4, 0.5) is 0 Å². The number of amides is 4. The number of nitrogens with zero attached hydrogens (tertiary/aromatic N) is 2. The van der Waals surface area contributed by atoms with Crippen molar-refractivity contribution in [2.24, 2.45) is 44.4 Å². The number of nitrogens with one attached hydrogen (secondary N) is 3. The third kappa shape index (κ3) is 15.6. The normalized spacial score (nSPS) is 13.3. The molecule has 0 aliphatic carbocycles. The molecule has 16 N–H and O–H groups in total. The highest BCUT2D eigenvalue weighted by atomic mass is 16.4. The van der Waals surface area contributed by atoms with Crippen molar-refractivity contribution in [2.45, 2.75) is 69.1 Å². The van der Waals surface area contributed by atoms with Crippen LogP contribution in [0.2, 0.25) is 0 Å². The molecule has 0 heterocycles. The Balaban J connectivity index is 3.13. The Morgan fingerprint density at radius 2 is 1.19 bits per heavy atom. The first-order chi connectivity index (χ1) is 20.3. The van der Waals surface area contributed by atoms with Crippen molar-refractivity contribution in [2.75, 3.05) is 13.1 Å². The summed E-state index contributed by atoms with van der Waals surface area (Å²) in [6.45, 7) is 0.296. The molecule has 43 heavy (non-hydrogen) atoms. The van der Waals surface area contributed by atoms with Gasteiger partial charge in [0, 0.05) is 25.9 Å². The van der Waals surface area contributed by atoms with Crippen molar-refractivity contribution in [3.63, 3.8) is 0 Å². The molecule has 1 aromatic rings. The average molecular weight is 606 g/mol. The number of rotatable bonds is 20. The molecule has 4 unspecified atom stereocenters. The molecule has 1 rings (SSSR count). The van der Waals surface area contributed by atoms with Crippen LogP contribution in [0.3, 0.4) is 0 Å². The van der Waals surface area contributed by atoms with Gasteiger partial charge in [-0.05, 0) is 37.7 Å². The second-order valence-electron chi connectivity index (χ2n) is 9.72. The summed E-state index contributed by atoms with van der Waals surface area (Å²) < 4.78 is 0. The molecule has 0 fully saturated rings. The lowest BCUT2D eigenvalue weighted by atomic mass is 10.0. The van der Waals surface area contributed by atoms with Crippen molar-refractivity contribution in [1.29, 1.82) is 0 Å². The lowest BCUT2D eigenvalue weighted by Gasteiger charge is -2.25. The Labute approximate surface area is 249 Å². The number of carboxylic acid groups (broad SMARTS) is 1. The van der Waals surface area contributed by atoms with Crippen molar-refractivity contribution in [1.82, 2.24) is 16.0 Å². The smallest absolute Gasteiger partial charge is 0.326 e. The minimum Gasteiger partial charge on any atom is -0.480 e. The van der Waals surface area contributed by atoms with Gasteiger partial charge in [0.05, 0.1) is 6.04 Å². The predicted molar refractivity (Wildman–Crippen MR) is 160 cm³/mol. The molecule has 0 saturated heterocycles. The number of carboxylic acids is 1. The number of nitrogens with two attached hydrogens (primary N) is 6. The highest BCUT2D eigenvalue weighted by molar-refractivity contribution is 5.94. The number of primary amides is 1. The zero-order valence-corrected chi connectivity index (χ0v) is 23.9. The van der Waals surface area contributed by atoms with E-state index in [0.29, 0.717) is 5.56 Å². The second-order valence-corrected chi connectivity index (χ2v) is 9.72. The molecule has 238 valence electrons. The summed E-state index contributed by atoms with van der Waals surface area (Å²) in [6.07, 6.45) is 0.465. The van der Waals surface area contributed by atoms with Gasteiger partial charge in [-0.1, -0.05) is 30.3 Å². The number of guanidine groups is 2. The molecule has 4 atom stereocenters. The Hall–Kier alpha value is -4.93.